The molecule has 5 heteroatoms. The van der Waals surface area contributed by atoms with E-state index in [1.807, 2.05) is 23.6 Å². The van der Waals surface area contributed by atoms with E-state index in [4.69, 9.17) is 4.42 Å². The topological polar surface area (TPSA) is 62.5 Å². The van der Waals surface area contributed by atoms with Gasteiger partial charge in [-0.05, 0) is 30.5 Å². The van der Waals surface area contributed by atoms with Crippen LogP contribution < -0.4 is 5.32 Å². The van der Waals surface area contributed by atoms with Crippen molar-refractivity contribution in [2.45, 2.75) is 25.4 Å². The maximum atomic E-state index is 11.7. The molecular formula is C14H17NO3S. The van der Waals surface area contributed by atoms with Crippen molar-refractivity contribution >= 4 is 17.2 Å². The monoisotopic (exact) mass is 279 g/mol. The van der Waals surface area contributed by atoms with Crippen LogP contribution in [0.4, 0.5) is 0 Å². The zero-order valence-electron chi connectivity index (χ0n) is 10.8. The molecule has 0 saturated carbocycles. The van der Waals surface area contributed by atoms with Crippen molar-refractivity contribution in [3.05, 3.63) is 46.5 Å². The van der Waals surface area contributed by atoms with Crippen molar-refractivity contribution in [2.75, 3.05) is 6.54 Å². The zero-order chi connectivity index (χ0) is 13.7. The molecule has 0 fully saturated rings. The van der Waals surface area contributed by atoms with Crippen LogP contribution in [0.2, 0.25) is 0 Å². The molecule has 1 unspecified atom stereocenters. The minimum absolute atomic E-state index is 0.0896. The second-order valence-electron chi connectivity index (χ2n) is 4.61. The normalized spacial score (nSPS) is 14.0. The van der Waals surface area contributed by atoms with E-state index in [1.54, 1.807) is 19.3 Å². The third-order valence-electron chi connectivity index (χ3n) is 2.86. The van der Waals surface area contributed by atoms with Gasteiger partial charge < -0.3 is 14.8 Å². The lowest BCUT2D eigenvalue weighted by Gasteiger charge is -2.22. The van der Waals surface area contributed by atoms with Gasteiger partial charge in [-0.25, -0.2) is 0 Å². The van der Waals surface area contributed by atoms with E-state index in [0.29, 0.717) is 12.8 Å². The van der Waals surface area contributed by atoms with Gasteiger partial charge >= 0.3 is 0 Å². The number of furan rings is 1. The molecule has 1 atom stereocenters. The van der Waals surface area contributed by atoms with Crippen LogP contribution in [0.3, 0.4) is 0 Å². The van der Waals surface area contributed by atoms with E-state index in [-0.39, 0.29) is 12.5 Å². The van der Waals surface area contributed by atoms with Crippen LogP contribution in [-0.4, -0.2) is 17.6 Å². The summed E-state index contributed by atoms with van der Waals surface area (Å²) in [5.74, 6) is 0.702. The standard InChI is InChI=1S/C14H17NO3S/c1-14(17,12-5-3-9-19-12)10-15-13(16)7-6-11-4-2-8-18-11/h2-5,8-9,17H,6-7,10H2,1H3,(H,15,16). The highest BCUT2D eigenvalue weighted by Gasteiger charge is 2.24. The van der Waals surface area contributed by atoms with Crippen molar-refractivity contribution in [3.63, 3.8) is 0 Å². The Morgan fingerprint density at radius 3 is 2.95 bits per heavy atom. The number of aliphatic hydroxyl groups is 1. The van der Waals surface area contributed by atoms with E-state index in [0.717, 1.165) is 10.6 Å². The van der Waals surface area contributed by atoms with E-state index in [1.165, 1.54) is 11.3 Å². The first kappa shape index (κ1) is 13.8. The number of nitrogens with one attached hydrogen (secondary N) is 1. The molecule has 0 aliphatic heterocycles. The second kappa shape index (κ2) is 6.04. The first-order valence-corrected chi connectivity index (χ1v) is 7.01. The van der Waals surface area contributed by atoms with Crippen LogP contribution >= 0.6 is 11.3 Å². The molecule has 2 aromatic rings. The Balaban J connectivity index is 1.77. The highest BCUT2D eigenvalue weighted by molar-refractivity contribution is 7.10. The van der Waals surface area contributed by atoms with Crippen LogP contribution in [-0.2, 0) is 16.8 Å². The molecule has 0 aromatic carbocycles. The summed E-state index contributed by atoms with van der Waals surface area (Å²) in [6, 6.07) is 7.39. The fraction of sp³-hybridized carbons (Fsp3) is 0.357. The highest BCUT2D eigenvalue weighted by Crippen LogP contribution is 2.24. The SMILES string of the molecule is CC(O)(CNC(=O)CCc1ccco1)c1cccs1. The molecule has 1 amide bonds. The van der Waals surface area contributed by atoms with Crippen molar-refractivity contribution in [1.29, 1.82) is 0 Å². The van der Waals surface area contributed by atoms with Crippen molar-refractivity contribution in [2.24, 2.45) is 0 Å². The summed E-state index contributed by atoms with van der Waals surface area (Å²) in [5, 5.41) is 14.9. The Morgan fingerprint density at radius 2 is 2.32 bits per heavy atom. The minimum atomic E-state index is -1.02. The molecule has 4 nitrogen and oxygen atoms in total. The molecule has 2 rings (SSSR count). The summed E-state index contributed by atoms with van der Waals surface area (Å²) in [6.45, 7) is 1.91. The number of hydrogen-bond acceptors (Lipinski definition) is 4. The van der Waals surface area contributed by atoms with Crippen LogP contribution in [0, 0.1) is 0 Å². The Bertz CT molecular complexity index is 503. The first-order valence-electron chi connectivity index (χ1n) is 6.13. The van der Waals surface area contributed by atoms with Crippen molar-refractivity contribution < 1.29 is 14.3 Å². The summed E-state index contributed by atoms with van der Waals surface area (Å²) >= 11 is 1.48. The van der Waals surface area contributed by atoms with Crippen molar-refractivity contribution in [1.82, 2.24) is 5.32 Å². The van der Waals surface area contributed by atoms with E-state index >= 15 is 0 Å². The molecule has 19 heavy (non-hydrogen) atoms. The zero-order valence-corrected chi connectivity index (χ0v) is 11.6. The van der Waals surface area contributed by atoms with Gasteiger partial charge in [-0.15, -0.1) is 11.3 Å². The van der Waals surface area contributed by atoms with Crippen LogP contribution in [0.5, 0.6) is 0 Å². The summed E-state index contributed by atoms with van der Waals surface area (Å²) in [5.41, 5.74) is -1.02. The number of carbonyl (C=O) groups is 1. The fourth-order valence-corrected chi connectivity index (χ4v) is 2.51. The average Bonchev–Trinajstić information content (AvgIpc) is 3.06. The quantitative estimate of drug-likeness (QED) is 0.853. The third-order valence-corrected chi connectivity index (χ3v) is 3.98. The first-order chi connectivity index (χ1) is 9.08. The molecule has 102 valence electrons. The number of carbonyl (C=O) groups excluding carboxylic acids is 1. The Morgan fingerprint density at radius 1 is 1.47 bits per heavy atom. The Kier molecular flexibility index (Phi) is 4.39. The number of hydrogen-bond donors (Lipinski definition) is 2. The Labute approximate surface area is 116 Å². The molecule has 2 aromatic heterocycles. The minimum Gasteiger partial charge on any atom is -0.469 e. The van der Waals surface area contributed by atoms with Gasteiger partial charge in [0.25, 0.3) is 0 Å². The summed E-state index contributed by atoms with van der Waals surface area (Å²) in [7, 11) is 0. The number of aryl methyl sites for hydroxylation is 1. The molecule has 0 saturated heterocycles. The Hall–Kier alpha value is -1.59. The second-order valence-corrected chi connectivity index (χ2v) is 5.55. The summed E-state index contributed by atoms with van der Waals surface area (Å²) in [4.78, 5) is 12.5. The average molecular weight is 279 g/mol. The fourth-order valence-electron chi connectivity index (χ4n) is 1.72. The van der Waals surface area contributed by atoms with Crippen LogP contribution in [0.1, 0.15) is 24.0 Å². The predicted molar refractivity (Wildman–Crippen MR) is 73.9 cm³/mol. The third kappa shape index (κ3) is 3.94. The maximum Gasteiger partial charge on any atom is 0.220 e. The molecule has 0 aliphatic rings. The van der Waals surface area contributed by atoms with Gasteiger partial charge in [0.1, 0.15) is 11.4 Å². The van der Waals surface area contributed by atoms with Gasteiger partial charge in [-0.2, -0.15) is 0 Å². The highest BCUT2D eigenvalue weighted by atomic mass is 32.1. The lowest BCUT2D eigenvalue weighted by atomic mass is 10.1. The van der Waals surface area contributed by atoms with Gasteiger partial charge in [0, 0.05) is 17.7 Å². The van der Waals surface area contributed by atoms with E-state index in [9.17, 15) is 9.90 Å². The molecule has 0 spiro atoms. The largest absolute Gasteiger partial charge is 0.469 e. The van der Waals surface area contributed by atoms with E-state index in [2.05, 4.69) is 5.32 Å². The lowest BCUT2D eigenvalue weighted by molar-refractivity contribution is -0.122. The molecule has 0 bridgehead atoms. The van der Waals surface area contributed by atoms with Gasteiger partial charge in [0.2, 0.25) is 5.91 Å². The van der Waals surface area contributed by atoms with Crippen molar-refractivity contribution in [3.8, 4) is 0 Å². The molecule has 0 radical (unpaired) electrons. The summed E-state index contributed by atoms with van der Waals surface area (Å²) < 4.78 is 5.16. The van der Waals surface area contributed by atoms with Crippen LogP contribution in [0.15, 0.2) is 40.3 Å². The smallest absolute Gasteiger partial charge is 0.220 e. The number of thiophene rings is 1. The molecule has 0 aliphatic carbocycles. The maximum absolute atomic E-state index is 11.7. The predicted octanol–water partition coefficient (Wildman–Crippen LogP) is 2.30. The van der Waals surface area contributed by atoms with Crippen LogP contribution in [0.25, 0.3) is 0 Å². The lowest BCUT2D eigenvalue weighted by Crippen LogP contribution is -2.38. The van der Waals surface area contributed by atoms with E-state index < -0.39 is 5.60 Å². The van der Waals surface area contributed by atoms with Gasteiger partial charge in [-0.3, -0.25) is 4.79 Å². The molecular weight excluding hydrogens is 262 g/mol. The number of rotatable bonds is 6. The van der Waals surface area contributed by atoms with Gasteiger partial charge in [0.05, 0.1) is 12.8 Å². The molecule has 2 heterocycles. The van der Waals surface area contributed by atoms with Gasteiger partial charge in [-0.1, -0.05) is 6.07 Å². The number of amides is 1. The molecule has 2 N–H and O–H groups in total. The summed E-state index contributed by atoms with van der Waals surface area (Å²) in [6.07, 6.45) is 2.52. The van der Waals surface area contributed by atoms with Gasteiger partial charge in [0.15, 0.2) is 0 Å².